The van der Waals surface area contributed by atoms with E-state index < -0.39 is 7.12 Å². The quantitative estimate of drug-likeness (QED) is 0.514. The lowest BCUT2D eigenvalue weighted by Crippen LogP contribution is -2.13. The summed E-state index contributed by atoms with van der Waals surface area (Å²) in [5.74, 6) is 1.34. The molecule has 0 aromatic carbocycles. The minimum atomic E-state index is -0.787. The van der Waals surface area contributed by atoms with Gasteiger partial charge >= 0.3 is 7.12 Å². The lowest BCUT2D eigenvalue weighted by Gasteiger charge is -1.95. The molecule has 0 aliphatic heterocycles. The van der Waals surface area contributed by atoms with Crippen LogP contribution >= 0.6 is 0 Å². The molecule has 0 rings (SSSR count). The molecule has 0 unspecified atom stereocenters. The van der Waals surface area contributed by atoms with Gasteiger partial charge in [0.15, 0.2) is 0 Å². The molecule has 3 heteroatoms. The van der Waals surface area contributed by atoms with Gasteiger partial charge in [0.25, 0.3) is 0 Å². The maximum absolute atomic E-state index is 8.52. The molecule has 40 valence electrons. The SMILES string of the molecule is C=CB(O)OCC. The second kappa shape index (κ2) is 3.90. The normalized spacial score (nSPS) is 8.29. The molecule has 0 aromatic rings. The zero-order valence-electron chi connectivity index (χ0n) is 4.42. The van der Waals surface area contributed by atoms with Crippen LogP contribution in [0.3, 0.4) is 0 Å². The summed E-state index contributed by atoms with van der Waals surface area (Å²) >= 11 is 0. The van der Waals surface area contributed by atoms with Crippen molar-refractivity contribution >= 4 is 7.12 Å². The molecule has 0 aliphatic carbocycles. The highest BCUT2D eigenvalue weighted by Gasteiger charge is 2.01. The van der Waals surface area contributed by atoms with Crippen LogP contribution in [-0.2, 0) is 4.65 Å². The highest BCUT2D eigenvalue weighted by molar-refractivity contribution is 6.48. The summed E-state index contributed by atoms with van der Waals surface area (Å²) in [7, 11) is -0.787. The topological polar surface area (TPSA) is 29.5 Å². The molecule has 0 spiro atoms. The summed E-state index contributed by atoms with van der Waals surface area (Å²) in [6, 6.07) is 0. The zero-order valence-corrected chi connectivity index (χ0v) is 4.42. The molecule has 0 fully saturated rings. The Morgan fingerprint density at radius 2 is 2.57 bits per heavy atom. The smallest absolute Gasteiger partial charge is 0.423 e. The monoisotopic (exact) mass is 100 g/mol. The summed E-state index contributed by atoms with van der Waals surface area (Å²) in [5, 5.41) is 8.52. The van der Waals surface area contributed by atoms with Gasteiger partial charge in [0.05, 0.1) is 0 Å². The van der Waals surface area contributed by atoms with Crippen LogP contribution in [0.4, 0.5) is 0 Å². The summed E-state index contributed by atoms with van der Waals surface area (Å²) in [5.41, 5.74) is 0. The molecule has 0 amide bonds. The van der Waals surface area contributed by atoms with Gasteiger partial charge in [-0.2, -0.15) is 0 Å². The van der Waals surface area contributed by atoms with Gasteiger partial charge in [-0.25, -0.2) is 0 Å². The van der Waals surface area contributed by atoms with E-state index in [1.54, 1.807) is 0 Å². The van der Waals surface area contributed by atoms with E-state index in [9.17, 15) is 0 Å². The van der Waals surface area contributed by atoms with Crippen molar-refractivity contribution in [1.82, 2.24) is 0 Å². The minimum absolute atomic E-state index is 0.521. The largest absolute Gasteiger partial charge is 0.482 e. The molecule has 7 heavy (non-hydrogen) atoms. The van der Waals surface area contributed by atoms with Gasteiger partial charge in [-0.05, 0) is 6.92 Å². The summed E-state index contributed by atoms with van der Waals surface area (Å²) < 4.78 is 4.63. The molecule has 0 saturated carbocycles. The predicted octanol–water partition coefficient (Wildman–Crippen LogP) is 0.229. The van der Waals surface area contributed by atoms with Crippen LogP contribution in [-0.4, -0.2) is 18.7 Å². The van der Waals surface area contributed by atoms with Crippen molar-refractivity contribution in [3.8, 4) is 0 Å². The average molecular weight is 99.9 g/mol. The van der Waals surface area contributed by atoms with Gasteiger partial charge in [-0.15, -0.1) is 6.58 Å². The van der Waals surface area contributed by atoms with Crippen molar-refractivity contribution < 1.29 is 9.68 Å². The third-order valence-electron chi connectivity index (χ3n) is 0.539. The second-order valence-electron chi connectivity index (χ2n) is 1.08. The number of rotatable bonds is 3. The second-order valence-corrected chi connectivity index (χ2v) is 1.08. The highest BCUT2D eigenvalue weighted by atomic mass is 16.5. The van der Waals surface area contributed by atoms with Crippen molar-refractivity contribution in [3.63, 3.8) is 0 Å². The van der Waals surface area contributed by atoms with Crippen LogP contribution in [0.25, 0.3) is 0 Å². The predicted molar refractivity (Wildman–Crippen MR) is 29.8 cm³/mol. The maximum Gasteiger partial charge on any atom is 0.482 e. The first kappa shape index (κ1) is 6.72. The molecule has 0 radical (unpaired) electrons. The number of hydrogen-bond acceptors (Lipinski definition) is 2. The molecular formula is C4H9BO2. The molecule has 2 nitrogen and oxygen atoms in total. The van der Waals surface area contributed by atoms with Crippen molar-refractivity contribution in [2.75, 3.05) is 6.61 Å². The zero-order chi connectivity index (χ0) is 5.70. The van der Waals surface area contributed by atoms with Gasteiger partial charge in [-0.1, -0.05) is 5.98 Å². The van der Waals surface area contributed by atoms with Crippen molar-refractivity contribution in [1.29, 1.82) is 0 Å². The van der Waals surface area contributed by atoms with E-state index in [-0.39, 0.29) is 0 Å². The van der Waals surface area contributed by atoms with Gasteiger partial charge < -0.3 is 9.68 Å². The third kappa shape index (κ3) is 3.56. The Morgan fingerprint density at radius 3 is 2.71 bits per heavy atom. The Bertz CT molecular complexity index is 55.7. The van der Waals surface area contributed by atoms with Crippen molar-refractivity contribution in [2.45, 2.75) is 6.92 Å². The molecule has 0 heterocycles. The molecule has 1 N–H and O–H groups in total. The Labute approximate surface area is 43.9 Å². The van der Waals surface area contributed by atoms with E-state index in [1.165, 1.54) is 5.98 Å². The first-order valence-electron chi connectivity index (χ1n) is 2.23. The molecule has 0 saturated heterocycles. The third-order valence-corrected chi connectivity index (χ3v) is 0.539. The lowest BCUT2D eigenvalue weighted by atomic mass is 9.92. The van der Waals surface area contributed by atoms with Gasteiger partial charge in [-0.3, -0.25) is 0 Å². The van der Waals surface area contributed by atoms with E-state index in [1.807, 2.05) is 6.92 Å². The highest BCUT2D eigenvalue weighted by Crippen LogP contribution is 1.78. The lowest BCUT2D eigenvalue weighted by molar-refractivity contribution is 0.286. The van der Waals surface area contributed by atoms with Crippen LogP contribution < -0.4 is 0 Å². The molecule has 0 aliphatic rings. The van der Waals surface area contributed by atoms with Crippen molar-refractivity contribution in [2.24, 2.45) is 0 Å². The standard InChI is InChI=1S/C4H9BO2/c1-3-5(6)7-4-2/h3,6H,1,4H2,2H3. The van der Waals surface area contributed by atoms with E-state index in [4.69, 9.17) is 5.02 Å². The van der Waals surface area contributed by atoms with E-state index in [0.29, 0.717) is 6.61 Å². The van der Waals surface area contributed by atoms with Gasteiger partial charge in [0.1, 0.15) is 0 Å². The molecular weight excluding hydrogens is 90.9 g/mol. The van der Waals surface area contributed by atoms with E-state index in [0.717, 1.165) is 0 Å². The van der Waals surface area contributed by atoms with Crippen LogP contribution in [0.5, 0.6) is 0 Å². The van der Waals surface area contributed by atoms with Crippen LogP contribution in [0, 0.1) is 0 Å². The summed E-state index contributed by atoms with van der Waals surface area (Å²) in [6.45, 7) is 5.64. The fourth-order valence-corrected chi connectivity index (χ4v) is 0.239. The van der Waals surface area contributed by atoms with E-state index in [2.05, 4.69) is 11.2 Å². The molecule has 0 atom stereocenters. The molecule has 0 aromatic heterocycles. The van der Waals surface area contributed by atoms with Crippen molar-refractivity contribution in [3.05, 3.63) is 12.6 Å². The summed E-state index contributed by atoms with van der Waals surface area (Å²) in [6.07, 6.45) is 0. The molecule has 0 bridgehead atoms. The fourth-order valence-electron chi connectivity index (χ4n) is 0.239. The minimum Gasteiger partial charge on any atom is -0.423 e. The average Bonchev–Trinajstić information content (AvgIpc) is 1.68. The number of hydrogen-bond donors (Lipinski definition) is 1. The van der Waals surface area contributed by atoms with Gasteiger partial charge in [0.2, 0.25) is 0 Å². The first-order chi connectivity index (χ1) is 3.31. The van der Waals surface area contributed by atoms with Crippen LogP contribution in [0.2, 0.25) is 0 Å². The Morgan fingerprint density at radius 1 is 2.00 bits per heavy atom. The van der Waals surface area contributed by atoms with E-state index >= 15 is 0 Å². The maximum atomic E-state index is 8.52. The van der Waals surface area contributed by atoms with Crippen LogP contribution in [0.1, 0.15) is 6.92 Å². The van der Waals surface area contributed by atoms with Crippen LogP contribution in [0.15, 0.2) is 12.6 Å². The Kier molecular flexibility index (Phi) is 3.75. The summed E-state index contributed by atoms with van der Waals surface area (Å²) in [4.78, 5) is 0. The Balaban J connectivity index is 2.98. The van der Waals surface area contributed by atoms with Gasteiger partial charge in [0, 0.05) is 6.61 Å². The fraction of sp³-hybridized carbons (Fsp3) is 0.500. The Hall–Kier alpha value is -0.275. The first-order valence-corrected chi connectivity index (χ1v) is 2.23.